The summed E-state index contributed by atoms with van der Waals surface area (Å²) in [6.45, 7) is 0. The fourth-order valence-electron chi connectivity index (χ4n) is 4.33. The molecule has 0 saturated heterocycles. The molecule has 1 aliphatic heterocycles. The molecule has 0 N–H and O–H groups in total. The van der Waals surface area contributed by atoms with E-state index in [1.807, 2.05) is 18.2 Å². The highest BCUT2D eigenvalue weighted by molar-refractivity contribution is 6.23. The maximum Gasteiger partial charge on any atom is 0.326 e. The van der Waals surface area contributed by atoms with E-state index in [2.05, 4.69) is 4.98 Å². The highest BCUT2D eigenvalue weighted by Gasteiger charge is 2.80. The minimum Gasteiger partial charge on any atom is -0.425 e. The Hall–Kier alpha value is -3.60. The second-order valence-corrected chi connectivity index (χ2v) is 7.05. The molecule has 1 aliphatic carbocycles. The van der Waals surface area contributed by atoms with Gasteiger partial charge in [0.1, 0.15) is 11.2 Å². The van der Waals surface area contributed by atoms with Crippen LogP contribution in [0.1, 0.15) is 32.2 Å². The van der Waals surface area contributed by atoms with E-state index >= 15 is 0 Å². The van der Waals surface area contributed by atoms with Crippen LogP contribution in [0.2, 0.25) is 0 Å². The molecule has 2 heterocycles. The highest BCUT2D eigenvalue weighted by atomic mass is 16.5. The zero-order valence-electron chi connectivity index (χ0n) is 14.7. The van der Waals surface area contributed by atoms with Gasteiger partial charge < -0.3 is 4.74 Å². The Morgan fingerprint density at radius 3 is 2.36 bits per heavy atom. The van der Waals surface area contributed by atoms with Crippen molar-refractivity contribution in [1.82, 2.24) is 4.98 Å². The van der Waals surface area contributed by atoms with Gasteiger partial charge in [-0.1, -0.05) is 48.5 Å². The van der Waals surface area contributed by atoms with Crippen molar-refractivity contribution < 1.29 is 19.1 Å². The Morgan fingerprint density at radius 2 is 1.61 bits per heavy atom. The maximum absolute atomic E-state index is 13.4. The number of pyridine rings is 1. The summed E-state index contributed by atoms with van der Waals surface area (Å²) >= 11 is 0. The third-order valence-corrected chi connectivity index (χ3v) is 5.64. The van der Waals surface area contributed by atoms with E-state index in [0.717, 1.165) is 0 Å². The molecule has 5 nitrogen and oxygen atoms in total. The van der Waals surface area contributed by atoms with Crippen molar-refractivity contribution in [3.63, 3.8) is 0 Å². The molecule has 1 aromatic heterocycles. The van der Waals surface area contributed by atoms with Crippen molar-refractivity contribution >= 4 is 17.5 Å². The summed E-state index contributed by atoms with van der Waals surface area (Å²) in [6, 6.07) is 19.1. The summed E-state index contributed by atoms with van der Waals surface area (Å²) in [5.41, 5.74) is -0.0454. The molecule has 2 aliphatic rings. The number of ketones is 2. The fourth-order valence-corrected chi connectivity index (χ4v) is 4.33. The molecule has 136 valence electrons. The van der Waals surface area contributed by atoms with Gasteiger partial charge in [0.15, 0.2) is 11.6 Å². The standard InChI is InChI=1S/C23H15NO4/c25-20(14-7-2-1-3-8-14)19-18-16-10-4-5-11-17(16)28-22(27)23(18,19)21(26)15-9-6-12-24-13-15/h1-13,18-19H/t18-,19-,23-/m1/s1. The van der Waals surface area contributed by atoms with Crippen LogP contribution in [0, 0.1) is 11.3 Å². The number of hydrogen-bond donors (Lipinski definition) is 0. The lowest BCUT2D eigenvalue weighted by molar-refractivity contribution is -0.139. The van der Waals surface area contributed by atoms with E-state index in [4.69, 9.17) is 4.74 Å². The van der Waals surface area contributed by atoms with Crippen LogP contribution in [0.15, 0.2) is 79.1 Å². The number of nitrogens with zero attached hydrogens (tertiary/aromatic N) is 1. The number of Topliss-reactive ketones (excluding diaryl/α,β-unsaturated/α-hetero) is 2. The Morgan fingerprint density at radius 1 is 0.893 bits per heavy atom. The molecule has 5 heteroatoms. The minimum absolute atomic E-state index is 0.225. The van der Waals surface area contributed by atoms with Crippen LogP contribution >= 0.6 is 0 Å². The van der Waals surface area contributed by atoms with Crippen molar-refractivity contribution in [3.8, 4) is 5.75 Å². The number of ether oxygens (including phenoxy) is 1. The molecular weight excluding hydrogens is 354 g/mol. The second kappa shape index (κ2) is 5.96. The van der Waals surface area contributed by atoms with Gasteiger partial charge in [-0.25, -0.2) is 0 Å². The topological polar surface area (TPSA) is 73.3 Å². The Bertz CT molecular complexity index is 1110. The number of esters is 1. The van der Waals surface area contributed by atoms with Crippen LogP contribution in [0.4, 0.5) is 0 Å². The van der Waals surface area contributed by atoms with Crippen LogP contribution in [-0.4, -0.2) is 22.5 Å². The largest absolute Gasteiger partial charge is 0.425 e. The molecule has 3 aromatic rings. The lowest BCUT2D eigenvalue weighted by Crippen LogP contribution is -2.36. The number of carbonyl (C=O) groups excluding carboxylic acids is 3. The quantitative estimate of drug-likeness (QED) is 0.305. The van der Waals surface area contributed by atoms with Gasteiger partial charge in [-0.15, -0.1) is 0 Å². The van der Waals surface area contributed by atoms with E-state index in [1.165, 1.54) is 6.20 Å². The number of fused-ring (bicyclic) bond motifs is 3. The van der Waals surface area contributed by atoms with Gasteiger partial charge in [-0.05, 0) is 18.2 Å². The van der Waals surface area contributed by atoms with Crippen LogP contribution in [-0.2, 0) is 4.79 Å². The average Bonchev–Trinajstić information content (AvgIpc) is 3.46. The summed E-state index contributed by atoms with van der Waals surface area (Å²) in [5.74, 6) is -2.23. The van der Waals surface area contributed by atoms with Crippen molar-refractivity contribution in [2.45, 2.75) is 5.92 Å². The van der Waals surface area contributed by atoms with E-state index in [1.54, 1.807) is 54.7 Å². The first kappa shape index (κ1) is 16.6. The minimum atomic E-state index is -1.54. The predicted octanol–water partition coefficient (Wildman–Crippen LogP) is 3.47. The summed E-state index contributed by atoms with van der Waals surface area (Å²) in [6.07, 6.45) is 2.98. The average molecular weight is 369 g/mol. The zero-order valence-corrected chi connectivity index (χ0v) is 14.7. The second-order valence-electron chi connectivity index (χ2n) is 7.05. The molecule has 0 amide bonds. The van der Waals surface area contributed by atoms with Gasteiger partial charge in [-0.2, -0.15) is 0 Å². The van der Waals surface area contributed by atoms with Gasteiger partial charge in [0, 0.05) is 35.0 Å². The van der Waals surface area contributed by atoms with Gasteiger partial charge in [0.2, 0.25) is 0 Å². The van der Waals surface area contributed by atoms with Crippen molar-refractivity contribution in [2.75, 3.05) is 0 Å². The first-order valence-corrected chi connectivity index (χ1v) is 9.01. The predicted molar refractivity (Wildman–Crippen MR) is 100 cm³/mol. The maximum atomic E-state index is 13.4. The summed E-state index contributed by atoms with van der Waals surface area (Å²) in [7, 11) is 0. The molecule has 1 saturated carbocycles. The number of aromatic nitrogens is 1. The highest BCUT2D eigenvalue weighted by Crippen LogP contribution is 2.70. The third kappa shape index (κ3) is 2.13. The molecule has 1 fully saturated rings. The molecule has 0 spiro atoms. The summed E-state index contributed by atoms with van der Waals surface area (Å²) in [4.78, 5) is 43.8. The van der Waals surface area contributed by atoms with Gasteiger partial charge in [-0.3, -0.25) is 19.4 Å². The molecule has 0 radical (unpaired) electrons. The van der Waals surface area contributed by atoms with Gasteiger partial charge >= 0.3 is 5.97 Å². The van der Waals surface area contributed by atoms with E-state index in [9.17, 15) is 14.4 Å². The number of carbonyl (C=O) groups is 3. The smallest absolute Gasteiger partial charge is 0.326 e. The first-order chi connectivity index (χ1) is 13.7. The molecular formula is C23H15NO4. The third-order valence-electron chi connectivity index (χ3n) is 5.64. The lowest BCUT2D eigenvalue weighted by atomic mass is 9.87. The zero-order chi connectivity index (χ0) is 19.3. The molecule has 0 unspecified atom stereocenters. The van der Waals surface area contributed by atoms with Crippen LogP contribution < -0.4 is 4.74 Å². The molecule has 2 aromatic carbocycles. The molecule has 28 heavy (non-hydrogen) atoms. The molecule has 5 rings (SSSR count). The monoisotopic (exact) mass is 369 g/mol. The van der Waals surface area contributed by atoms with Crippen LogP contribution in [0.3, 0.4) is 0 Å². The molecule has 0 bridgehead atoms. The first-order valence-electron chi connectivity index (χ1n) is 9.01. The lowest BCUT2D eigenvalue weighted by Gasteiger charge is -2.21. The summed E-state index contributed by atoms with van der Waals surface area (Å²) < 4.78 is 5.52. The van der Waals surface area contributed by atoms with Crippen molar-refractivity contribution in [2.24, 2.45) is 11.3 Å². The van der Waals surface area contributed by atoms with Crippen LogP contribution in [0.5, 0.6) is 5.75 Å². The number of benzene rings is 2. The Labute approximate surface area is 161 Å². The Kier molecular flexibility index (Phi) is 3.52. The summed E-state index contributed by atoms with van der Waals surface area (Å²) in [5, 5.41) is 0. The Balaban J connectivity index is 1.67. The van der Waals surface area contributed by atoms with Crippen molar-refractivity contribution in [3.05, 3.63) is 95.8 Å². The van der Waals surface area contributed by atoms with Gasteiger partial charge in [0.05, 0.1) is 5.92 Å². The number of rotatable bonds is 4. The van der Waals surface area contributed by atoms with E-state index < -0.39 is 29.0 Å². The van der Waals surface area contributed by atoms with E-state index in [-0.39, 0.29) is 5.78 Å². The normalized spacial score (nSPS) is 24.5. The number of para-hydroxylation sites is 1. The van der Waals surface area contributed by atoms with Crippen molar-refractivity contribution in [1.29, 1.82) is 0 Å². The van der Waals surface area contributed by atoms with Crippen LogP contribution in [0.25, 0.3) is 0 Å². The van der Waals surface area contributed by atoms with Gasteiger partial charge in [0.25, 0.3) is 0 Å². The van der Waals surface area contributed by atoms with E-state index in [0.29, 0.717) is 22.4 Å². The number of hydrogen-bond acceptors (Lipinski definition) is 5. The SMILES string of the molecule is O=C(c1ccccc1)[C@H]1[C@H]2c3ccccc3OC(=O)[C@]21C(=O)c1cccnc1. The molecule has 3 atom stereocenters. The fraction of sp³-hybridized carbons (Fsp3) is 0.130.